The Morgan fingerprint density at radius 3 is 2.52 bits per heavy atom. The molecule has 0 radical (unpaired) electrons. The molecule has 3 aromatic rings. The minimum Gasteiger partial charge on any atom is -0.368 e. The average Bonchev–Trinajstić information content (AvgIpc) is 2.80. The fourth-order valence-corrected chi connectivity index (χ4v) is 4.18. The number of fused-ring (bicyclic) bond motifs is 1. The van der Waals surface area contributed by atoms with Crippen molar-refractivity contribution in [2.75, 3.05) is 31.1 Å². The molecule has 0 saturated carbocycles. The number of hydrogen-bond donors (Lipinski definition) is 1. The fraction of sp³-hybridized carbons (Fsp3) is 0.261. The molecule has 10 heteroatoms. The molecule has 0 atom stereocenters. The van der Waals surface area contributed by atoms with E-state index in [1.54, 1.807) is 35.2 Å². The molecule has 1 N–H and O–H groups in total. The molecule has 0 unspecified atom stereocenters. The van der Waals surface area contributed by atoms with Gasteiger partial charge in [0, 0.05) is 44.0 Å². The average molecular weight is 475 g/mol. The van der Waals surface area contributed by atoms with Crippen LogP contribution < -0.4 is 10.5 Å². The van der Waals surface area contributed by atoms with E-state index in [-0.39, 0.29) is 22.8 Å². The number of benzene rings is 2. The van der Waals surface area contributed by atoms with Crippen molar-refractivity contribution >= 4 is 34.7 Å². The Kier molecular flexibility index (Phi) is 6.11. The van der Waals surface area contributed by atoms with E-state index in [1.807, 2.05) is 4.90 Å². The van der Waals surface area contributed by atoms with Gasteiger partial charge in [0.05, 0.1) is 16.5 Å². The summed E-state index contributed by atoms with van der Waals surface area (Å²) in [5, 5.41) is 0.413. The smallest absolute Gasteiger partial charge is 0.368 e. The number of nitrogens with one attached hydrogen (secondary N) is 1. The topological polar surface area (TPSA) is 61.3 Å². The zero-order valence-electron chi connectivity index (χ0n) is 17.6. The summed E-state index contributed by atoms with van der Waals surface area (Å²) in [5.41, 5.74) is 0.396. The number of carbonyl (C=O) groups excluding carboxylic acids is 1. The van der Waals surface area contributed by atoms with Gasteiger partial charge in [0.1, 0.15) is 0 Å². The SMILES string of the molecule is C=CCn1c(=S)[nH]c2cc(C(=O)N3CCN(c4cccc(C(F)(F)F)c4)CC3)ccc2c1=O. The highest BCUT2D eigenvalue weighted by Gasteiger charge is 2.31. The first kappa shape index (κ1) is 22.8. The standard InChI is InChI=1S/C23H21F3N4O2S/c1-2-8-30-21(32)18-7-6-15(13-19(18)27-22(30)33)20(31)29-11-9-28(10-12-29)17-5-3-4-16(14-17)23(24,25)26/h2-7,13-14H,1,8-12H2,(H,27,33). The number of aromatic amines is 1. The highest BCUT2D eigenvalue weighted by Crippen LogP contribution is 2.32. The Labute approximate surface area is 192 Å². The van der Waals surface area contributed by atoms with E-state index < -0.39 is 11.7 Å². The normalized spacial score (nSPS) is 14.5. The van der Waals surface area contributed by atoms with Gasteiger partial charge in [0.2, 0.25) is 0 Å². The van der Waals surface area contributed by atoms with Crippen molar-refractivity contribution in [3.63, 3.8) is 0 Å². The summed E-state index contributed by atoms with van der Waals surface area (Å²) in [4.78, 5) is 32.1. The van der Waals surface area contributed by atoms with Gasteiger partial charge in [0.25, 0.3) is 11.5 Å². The lowest BCUT2D eigenvalue weighted by Crippen LogP contribution is -2.48. The Morgan fingerprint density at radius 2 is 1.85 bits per heavy atom. The predicted molar refractivity (Wildman–Crippen MR) is 123 cm³/mol. The first-order chi connectivity index (χ1) is 15.7. The molecule has 1 amide bonds. The number of halogens is 3. The number of aromatic nitrogens is 2. The lowest BCUT2D eigenvalue weighted by atomic mass is 10.1. The molecule has 0 spiro atoms. The molecule has 1 aliphatic heterocycles. The molecule has 0 aliphatic carbocycles. The molecular weight excluding hydrogens is 453 g/mol. The van der Waals surface area contributed by atoms with E-state index in [0.29, 0.717) is 48.3 Å². The van der Waals surface area contributed by atoms with E-state index in [2.05, 4.69) is 11.6 Å². The van der Waals surface area contributed by atoms with Gasteiger partial charge in [-0.25, -0.2) is 0 Å². The third-order valence-corrected chi connectivity index (χ3v) is 5.97. The second-order valence-corrected chi connectivity index (χ2v) is 8.11. The molecule has 33 heavy (non-hydrogen) atoms. The molecule has 1 aromatic heterocycles. The molecule has 0 bridgehead atoms. The third-order valence-electron chi connectivity index (χ3n) is 5.65. The van der Waals surface area contributed by atoms with Gasteiger partial charge in [-0.15, -0.1) is 6.58 Å². The van der Waals surface area contributed by atoms with E-state index >= 15 is 0 Å². The van der Waals surface area contributed by atoms with Crippen molar-refractivity contribution in [2.45, 2.75) is 12.7 Å². The summed E-state index contributed by atoms with van der Waals surface area (Å²) in [6.07, 6.45) is -2.82. The van der Waals surface area contributed by atoms with E-state index in [4.69, 9.17) is 12.2 Å². The van der Waals surface area contributed by atoms with Crippen LogP contribution in [0.3, 0.4) is 0 Å². The number of nitrogens with zero attached hydrogens (tertiary/aromatic N) is 3. The molecule has 172 valence electrons. The quantitative estimate of drug-likeness (QED) is 0.454. The van der Waals surface area contributed by atoms with Crippen LogP contribution in [0.1, 0.15) is 15.9 Å². The number of hydrogen-bond acceptors (Lipinski definition) is 4. The Hall–Kier alpha value is -3.40. The molecular formula is C23H21F3N4O2S. The van der Waals surface area contributed by atoms with Crippen molar-refractivity contribution in [2.24, 2.45) is 0 Å². The van der Waals surface area contributed by atoms with Crippen LogP contribution in [0.15, 0.2) is 59.9 Å². The summed E-state index contributed by atoms with van der Waals surface area (Å²) >= 11 is 5.25. The largest absolute Gasteiger partial charge is 0.416 e. The van der Waals surface area contributed by atoms with Gasteiger partial charge < -0.3 is 14.8 Å². The van der Waals surface area contributed by atoms with Crippen molar-refractivity contribution in [3.05, 3.63) is 81.4 Å². The van der Waals surface area contributed by atoms with Crippen LogP contribution in [0.2, 0.25) is 0 Å². The summed E-state index contributed by atoms with van der Waals surface area (Å²) in [6, 6.07) is 9.99. The molecule has 4 rings (SSSR count). The van der Waals surface area contributed by atoms with Crippen LogP contribution in [-0.4, -0.2) is 46.5 Å². The van der Waals surface area contributed by atoms with Crippen molar-refractivity contribution < 1.29 is 18.0 Å². The zero-order chi connectivity index (χ0) is 23.8. The van der Waals surface area contributed by atoms with Crippen LogP contribution in [-0.2, 0) is 12.7 Å². The monoisotopic (exact) mass is 474 g/mol. The van der Waals surface area contributed by atoms with E-state index in [1.165, 1.54) is 10.6 Å². The van der Waals surface area contributed by atoms with Gasteiger partial charge >= 0.3 is 6.18 Å². The molecule has 1 aliphatic rings. The number of allylic oxidation sites excluding steroid dienone is 1. The lowest BCUT2D eigenvalue weighted by molar-refractivity contribution is -0.137. The van der Waals surface area contributed by atoms with Crippen LogP contribution in [0.5, 0.6) is 0 Å². The maximum atomic E-state index is 13.0. The zero-order valence-corrected chi connectivity index (χ0v) is 18.4. The second-order valence-electron chi connectivity index (χ2n) is 7.72. The maximum Gasteiger partial charge on any atom is 0.416 e. The van der Waals surface area contributed by atoms with Crippen molar-refractivity contribution in [1.82, 2.24) is 14.5 Å². The number of rotatable bonds is 4. The molecule has 2 heterocycles. The lowest BCUT2D eigenvalue weighted by Gasteiger charge is -2.36. The number of H-pyrrole nitrogens is 1. The second kappa shape index (κ2) is 8.86. The Balaban J connectivity index is 1.51. The number of amides is 1. The van der Waals surface area contributed by atoms with Crippen LogP contribution in [0.4, 0.5) is 18.9 Å². The van der Waals surface area contributed by atoms with Gasteiger partial charge in [0.15, 0.2) is 4.77 Å². The molecule has 2 aromatic carbocycles. The number of anilines is 1. The first-order valence-electron chi connectivity index (χ1n) is 10.3. The van der Waals surface area contributed by atoms with Crippen LogP contribution in [0.25, 0.3) is 10.9 Å². The summed E-state index contributed by atoms with van der Waals surface area (Å²) in [7, 11) is 0. The Morgan fingerprint density at radius 1 is 1.12 bits per heavy atom. The predicted octanol–water partition coefficient (Wildman–Crippen LogP) is 4.23. The van der Waals surface area contributed by atoms with E-state index in [9.17, 15) is 22.8 Å². The number of piperazine rings is 1. The molecule has 1 saturated heterocycles. The van der Waals surface area contributed by atoms with Crippen LogP contribution in [0, 0.1) is 4.77 Å². The highest BCUT2D eigenvalue weighted by atomic mass is 32.1. The summed E-state index contributed by atoms with van der Waals surface area (Å²) < 4.78 is 40.6. The number of carbonyl (C=O) groups is 1. The van der Waals surface area contributed by atoms with E-state index in [0.717, 1.165) is 12.1 Å². The van der Waals surface area contributed by atoms with Gasteiger partial charge in [-0.1, -0.05) is 12.1 Å². The van der Waals surface area contributed by atoms with Crippen molar-refractivity contribution in [3.8, 4) is 0 Å². The minimum atomic E-state index is -4.40. The maximum absolute atomic E-state index is 13.0. The molecule has 6 nitrogen and oxygen atoms in total. The Bertz CT molecular complexity index is 1340. The minimum absolute atomic E-state index is 0.213. The summed E-state index contributed by atoms with van der Waals surface area (Å²) in [6.45, 7) is 5.46. The summed E-state index contributed by atoms with van der Waals surface area (Å²) in [5.74, 6) is -0.213. The molecule has 1 fully saturated rings. The van der Waals surface area contributed by atoms with Crippen LogP contribution >= 0.6 is 12.2 Å². The third kappa shape index (κ3) is 4.56. The van der Waals surface area contributed by atoms with Crippen molar-refractivity contribution in [1.29, 1.82) is 0 Å². The van der Waals surface area contributed by atoms with Gasteiger partial charge in [-0.3, -0.25) is 14.2 Å². The highest BCUT2D eigenvalue weighted by molar-refractivity contribution is 7.71. The van der Waals surface area contributed by atoms with Gasteiger partial charge in [-0.2, -0.15) is 13.2 Å². The first-order valence-corrected chi connectivity index (χ1v) is 10.7. The van der Waals surface area contributed by atoms with Gasteiger partial charge in [-0.05, 0) is 48.6 Å². The number of alkyl halides is 3. The fourth-order valence-electron chi connectivity index (χ4n) is 3.91.